The van der Waals surface area contributed by atoms with Crippen LogP contribution in [-0.2, 0) is 14.3 Å². The predicted octanol–water partition coefficient (Wildman–Crippen LogP) is 1.72. The Kier molecular flexibility index (Phi) is 12.0. The highest BCUT2D eigenvalue weighted by Crippen LogP contribution is 2.03. The van der Waals surface area contributed by atoms with Crippen molar-refractivity contribution in [3.8, 4) is 0 Å². The van der Waals surface area contributed by atoms with Crippen molar-refractivity contribution < 1.29 is 12.6 Å². The van der Waals surface area contributed by atoms with Crippen LogP contribution in [0.15, 0.2) is 0 Å². The molecule has 0 aliphatic carbocycles. The summed E-state index contributed by atoms with van der Waals surface area (Å²) in [7, 11) is -3.23. The Morgan fingerprint density at radius 3 is 2.00 bits per heavy atom. The third-order valence-corrected chi connectivity index (χ3v) is 2.57. The van der Waals surface area contributed by atoms with Gasteiger partial charge in [-0.25, -0.2) is 0 Å². The standard InChI is InChI=1S/C7H16O3S.2H3N/c1-4-10-11(8,9)6-5-7(2)3;;/h7H,4-6H2,1-3H3;2*1H3. The second kappa shape index (κ2) is 8.43. The van der Waals surface area contributed by atoms with Gasteiger partial charge in [-0.3, -0.25) is 4.18 Å². The van der Waals surface area contributed by atoms with Gasteiger partial charge in [0.05, 0.1) is 12.4 Å². The van der Waals surface area contributed by atoms with E-state index in [-0.39, 0.29) is 24.7 Å². The molecule has 0 spiro atoms. The van der Waals surface area contributed by atoms with E-state index in [1.165, 1.54) is 0 Å². The van der Waals surface area contributed by atoms with Gasteiger partial charge in [0.15, 0.2) is 0 Å². The molecule has 5 nitrogen and oxygen atoms in total. The molecule has 0 saturated carbocycles. The Bertz CT molecular complexity index is 190. The molecule has 0 aliphatic heterocycles. The van der Waals surface area contributed by atoms with Gasteiger partial charge in [-0.05, 0) is 19.3 Å². The summed E-state index contributed by atoms with van der Waals surface area (Å²) in [5.41, 5.74) is 0. The highest BCUT2D eigenvalue weighted by Gasteiger charge is 2.10. The Balaban J connectivity index is -0.000000500. The fraction of sp³-hybridized carbons (Fsp3) is 1.00. The molecule has 0 saturated heterocycles. The molecule has 0 radical (unpaired) electrons. The molecule has 0 unspecified atom stereocenters. The Hall–Kier alpha value is -0.170. The van der Waals surface area contributed by atoms with Gasteiger partial charge in [0.2, 0.25) is 0 Å². The molecular weight excluding hydrogens is 192 g/mol. The van der Waals surface area contributed by atoms with E-state index in [0.717, 1.165) is 0 Å². The number of hydrogen-bond donors (Lipinski definition) is 2. The molecule has 0 bridgehead atoms. The van der Waals surface area contributed by atoms with Crippen LogP contribution < -0.4 is 12.3 Å². The van der Waals surface area contributed by atoms with Crippen LogP contribution in [0.25, 0.3) is 0 Å². The van der Waals surface area contributed by atoms with Gasteiger partial charge >= 0.3 is 0 Å². The lowest BCUT2D eigenvalue weighted by Gasteiger charge is -2.04. The van der Waals surface area contributed by atoms with E-state index in [9.17, 15) is 8.42 Å². The van der Waals surface area contributed by atoms with Crippen molar-refractivity contribution >= 4 is 10.1 Å². The van der Waals surface area contributed by atoms with Gasteiger partial charge in [-0.2, -0.15) is 8.42 Å². The molecule has 0 amide bonds. The number of hydrogen-bond acceptors (Lipinski definition) is 5. The summed E-state index contributed by atoms with van der Waals surface area (Å²) >= 11 is 0. The molecule has 0 heterocycles. The molecule has 0 atom stereocenters. The van der Waals surface area contributed by atoms with Gasteiger partial charge in [0.25, 0.3) is 10.1 Å². The normalized spacial score (nSPS) is 10.5. The van der Waals surface area contributed by atoms with Crippen LogP contribution in [0.5, 0.6) is 0 Å². The minimum Gasteiger partial charge on any atom is -0.344 e. The van der Waals surface area contributed by atoms with Crippen molar-refractivity contribution in [2.45, 2.75) is 27.2 Å². The smallest absolute Gasteiger partial charge is 0.267 e. The lowest BCUT2D eigenvalue weighted by Crippen LogP contribution is -2.11. The molecule has 84 valence electrons. The molecule has 0 fully saturated rings. The highest BCUT2D eigenvalue weighted by atomic mass is 32.2. The number of rotatable bonds is 5. The van der Waals surface area contributed by atoms with E-state index < -0.39 is 10.1 Å². The first-order chi connectivity index (χ1) is 4.98. The molecule has 0 aromatic heterocycles. The second-order valence-electron chi connectivity index (χ2n) is 2.85. The second-order valence-corrected chi connectivity index (χ2v) is 4.61. The molecule has 0 rings (SSSR count). The quantitative estimate of drug-likeness (QED) is 0.676. The van der Waals surface area contributed by atoms with Crippen LogP contribution in [0.2, 0.25) is 0 Å². The van der Waals surface area contributed by atoms with E-state index in [0.29, 0.717) is 12.3 Å². The van der Waals surface area contributed by atoms with Gasteiger partial charge in [-0.15, -0.1) is 0 Å². The average Bonchev–Trinajstić information content (AvgIpc) is 1.84. The molecule has 6 N–H and O–H groups in total. The van der Waals surface area contributed by atoms with Crippen molar-refractivity contribution in [1.82, 2.24) is 12.3 Å². The summed E-state index contributed by atoms with van der Waals surface area (Å²) in [4.78, 5) is 0. The SMILES string of the molecule is CCOS(=O)(=O)CCC(C)C.N.N. The molecule has 0 aromatic carbocycles. The fourth-order valence-corrected chi connectivity index (χ4v) is 1.86. The monoisotopic (exact) mass is 214 g/mol. The predicted molar refractivity (Wildman–Crippen MR) is 54.9 cm³/mol. The summed E-state index contributed by atoms with van der Waals surface area (Å²) in [6.45, 7) is 5.89. The maximum Gasteiger partial charge on any atom is 0.267 e. The van der Waals surface area contributed by atoms with Gasteiger partial charge in [0.1, 0.15) is 0 Å². The zero-order valence-electron chi connectivity index (χ0n) is 8.75. The first-order valence-electron chi connectivity index (χ1n) is 3.85. The van der Waals surface area contributed by atoms with Crippen molar-refractivity contribution in [3.63, 3.8) is 0 Å². The maximum absolute atomic E-state index is 10.9. The lowest BCUT2D eigenvalue weighted by atomic mass is 10.2. The Labute approximate surface area is 81.1 Å². The third kappa shape index (κ3) is 11.8. The van der Waals surface area contributed by atoms with Crippen LogP contribution in [-0.4, -0.2) is 20.8 Å². The molecular formula is C7H22N2O3S. The minimum absolute atomic E-state index is 0. The summed E-state index contributed by atoms with van der Waals surface area (Å²) in [5.74, 6) is 0.545. The van der Waals surface area contributed by atoms with E-state index in [1.807, 2.05) is 13.8 Å². The van der Waals surface area contributed by atoms with Crippen LogP contribution in [0.1, 0.15) is 27.2 Å². The minimum atomic E-state index is -3.23. The summed E-state index contributed by atoms with van der Waals surface area (Å²) in [6, 6.07) is 0. The van der Waals surface area contributed by atoms with E-state index in [4.69, 9.17) is 0 Å². The molecule has 6 heteroatoms. The average molecular weight is 214 g/mol. The zero-order valence-corrected chi connectivity index (χ0v) is 9.56. The first kappa shape index (κ1) is 18.6. The third-order valence-electron chi connectivity index (χ3n) is 1.24. The lowest BCUT2D eigenvalue weighted by molar-refractivity contribution is 0.336. The largest absolute Gasteiger partial charge is 0.344 e. The van der Waals surface area contributed by atoms with E-state index in [1.54, 1.807) is 6.92 Å². The zero-order chi connectivity index (χ0) is 8.91. The maximum atomic E-state index is 10.9. The highest BCUT2D eigenvalue weighted by molar-refractivity contribution is 7.86. The summed E-state index contributed by atoms with van der Waals surface area (Å²) < 4.78 is 26.4. The summed E-state index contributed by atoms with van der Waals surface area (Å²) in [6.07, 6.45) is 0.669. The Morgan fingerprint density at radius 2 is 1.69 bits per heavy atom. The fourth-order valence-electron chi connectivity index (χ4n) is 0.619. The van der Waals surface area contributed by atoms with E-state index in [2.05, 4.69) is 4.18 Å². The Morgan fingerprint density at radius 1 is 1.23 bits per heavy atom. The van der Waals surface area contributed by atoms with Crippen molar-refractivity contribution in [1.29, 1.82) is 0 Å². The molecule has 0 aromatic rings. The van der Waals surface area contributed by atoms with Crippen LogP contribution in [0.4, 0.5) is 0 Å². The van der Waals surface area contributed by atoms with Crippen LogP contribution in [0, 0.1) is 5.92 Å². The summed E-state index contributed by atoms with van der Waals surface area (Å²) in [5, 5.41) is 0. The topological polar surface area (TPSA) is 113 Å². The van der Waals surface area contributed by atoms with Crippen LogP contribution >= 0.6 is 0 Å². The van der Waals surface area contributed by atoms with Gasteiger partial charge in [0, 0.05) is 0 Å². The van der Waals surface area contributed by atoms with Crippen molar-refractivity contribution in [2.75, 3.05) is 12.4 Å². The first-order valence-corrected chi connectivity index (χ1v) is 5.42. The van der Waals surface area contributed by atoms with Gasteiger partial charge in [-0.1, -0.05) is 13.8 Å². The van der Waals surface area contributed by atoms with Crippen molar-refractivity contribution in [3.05, 3.63) is 0 Å². The van der Waals surface area contributed by atoms with E-state index >= 15 is 0 Å². The molecule has 0 aliphatic rings. The van der Waals surface area contributed by atoms with Crippen molar-refractivity contribution in [2.24, 2.45) is 5.92 Å². The molecule has 13 heavy (non-hydrogen) atoms. The van der Waals surface area contributed by atoms with Gasteiger partial charge < -0.3 is 12.3 Å². The van der Waals surface area contributed by atoms with Crippen LogP contribution in [0.3, 0.4) is 0 Å².